The number of rotatable bonds is 6. The lowest BCUT2D eigenvalue weighted by molar-refractivity contribution is 0.400. The molecule has 0 fully saturated rings. The Labute approximate surface area is 125 Å². The number of halogens is 1. The Balaban J connectivity index is 1.93. The Morgan fingerprint density at radius 3 is 2.35 bits per heavy atom. The number of hydrogen-bond donors (Lipinski definition) is 0. The van der Waals surface area contributed by atoms with Crippen molar-refractivity contribution in [1.82, 2.24) is 4.90 Å². The molecule has 2 nitrogen and oxygen atoms in total. The van der Waals surface area contributed by atoms with Crippen LogP contribution in [0, 0.1) is 0 Å². The zero-order valence-electron chi connectivity index (χ0n) is 12.0. The molecule has 2 aromatic rings. The molecule has 0 saturated heterocycles. The molecular formula is C17H20ClNO. The highest BCUT2D eigenvalue weighted by Crippen LogP contribution is 2.28. The van der Waals surface area contributed by atoms with Gasteiger partial charge < -0.3 is 9.64 Å². The maximum atomic E-state index is 6.07. The second kappa shape index (κ2) is 7.32. The third kappa shape index (κ3) is 4.55. The molecule has 3 heteroatoms. The standard InChI is InChI=1S/C17H20ClNO/c1-19(2)13-5-6-14-9-11-15(12-10-14)20-17-8-4-3-7-16(17)18/h3-4,7-12H,5-6,13H2,1-2H3. The van der Waals surface area contributed by atoms with Crippen LogP contribution in [0.25, 0.3) is 0 Å². The van der Waals surface area contributed by atoms with Gasteiger partial charge in [0.25, 0.3) is 0 Å². The third-order valence-corrected chi connectivity index (χ3v) is 3.37. The molecule has 0 atom stereocenters. The Kier molecular flexibility index (Phi) is 5.45. The van der Waals surface area contributed by atoms with E-state index in [1.807, 2.05) is 36.4 Å². The maximum Gasteiger partial charge on any atom is 0.146 e. The Hall–Kier alpha value is -1.51. The minimum atomic E-state index is 0.627. The van der Waals surface area contributed by atoms with Crippen molar-refractivity contribution in [3.05, 3.63) is 59.1 Å². The molecule has 0 aliphatic carbocycles. The molecule has 20 heavy (non-hydrogen) atoms. The molecule has 0 aliphatic rings. The molecule has 0 radical (unpaired) electrons. The normalized spacial score (nSPS) is 10.8. The van der Waals surface area contributed by atoms with Gasteiger partial charge in [0, 0.05) is 0 Å². The molecule has 106 valence electrons. The second-order valence-electron chi connectivity index (χ2n) is 5.08. The van der Waals surface area contributed by atoms with Gasteiger partial charge >= 0.3 is 0 Å². The average Bonchev–Trinajstić information content (AvgIpc) is 2.43. The number of aryl methyl sites for hydroxylation is 1. The molecule has 2 aromatic carbocycles. The van der Waals surface area contributed by atoms with E-state index in [0.29, 0.717) is 10.8 Å². The topological polar surface area (TPSA) is 12.5 Å². The molecule has 0 saturated carbocycles. The van der Waals surface area contributed by atoms with Gasteiger partial charge in [-0.3, -0.25) is 0 Å². The maximum absolute atomic E-state index is 6.07. The molecule has 0 amide bonds. The summed E-state index contributed by atoms with van der Waals surface area (Å²) >= 11 is 6.07. The van der Waals surface area contributed by atoms with Crippen molar-refractivity contribution in [2.45, 2.75) is 12.8 Å². The highest BCUT2D eigenvalue weighted by Gasteiger charge is 2.02. The zero-order chi connectivity index (χ0) is 14.4. The summed E-state index contributed by atoms with van der Waals surface area (Å²) in [4.78, 5) is 2.20. The van der Waals surface area contributed by atoms with Gasteiger partial charge in [-0.1, -0.05) is 35.9 Å². The SMILES string of the molecule is CN(C)CCCc1ccc(Oc2ccccc2Cl)cc1. The summed E-state index contributed by atoms with van der Waals surface area (Å²) in [5.74, 6) is 1.50. The quantitative estimate of drug-likeness (QED) is 0.769. The number of hydrogen-bond acceptors (Lipinski definition) is 2. The van der Waals surface area contributed by atoms with Crippen LogP contribution >= 0.6 is 11.6 Å². The molecule has 0 aromatic heterocycles. The summed E-state index contributed by atoms with van der Waals surface area (Å²) in [6, 6.07) is 15.7. The van der Waals surface area contributed by atoms with Crippen LogP contribution in [0.5, 0.6) is 11.5 Å². The van der Waals surface area contributed by atoms with Crippen molar-refractivity contribution in [3.8, 4) is 11.5 Å². The van der Waals surface area contributed by atoms with Crippen LogP contribution in [-0.2, 0) is 6.42 Å². The number of para-hydroxylation sites is 1. The number of nitrogens with zero attached hydrogens (tertiary/aromatic N) is 1. The second-order valence-corrected chi connectivity index (χ2v) is 5.49. The minimum Gasteiger partial charge on any atom is -0.456 e. The fraction of sp³-hybridized carbons (Fsp3) is 0.294. The van der Waals surface area contributed by atoms with E-state index in [4.69, 9.17) is 16.3 Å². The van der Waals surface area contributed by atoms with Crippen molar-refractivity contribution < 1.29 is 4.74 Å². The van der Waals surface area contributed by atoms with E-state index in [1.165, 1.54) is 5.56 Å². The van der Waals surface area contributed by atoms with E-state index in [2.05, 4.69) is 31.1 Å². The van der Waals surface area contributed by atoms with E-state index in [1.54, 1.807) is 0 Å². The molecule has 0 aliphatic heterocycles. The molecule has 2 rings (SSSR count). The first-order valence-electron chi connectivity index (χ1n) is 6.81. The molecule has 0 N–H and O–H groups in total. The van der Waals surface area contributed by atoms with Crippen LogP contribution in [0.15, 0.2) is 48.5 Å². The summed E-state index contributed by atoms with van der Waals surface area (Å²) in [5.41, 5.74) is 1.33. The van der Waals surface area contributed by atoms with Crippen LogP contribution < -0.4 is 4.74 Å². The fourth-order valence-electron chi connectivity index (χ4n) is 1.98. The Bertz CT molecular complexity index is 537. The van der Waals surface area contributed by atoms with Gasteiger partial charge in [-0.2, -0.15) is 0 Å². The van der Waals surface area contributed by atoms with Crippen molar-refractivity contribution in [1.29, 1.82) is 0 Å². The predicted molar refractivity (Wildman–Crippen MR) is 84.8 cm³/mol. The van der Waals surface area contributed by atoms with E-state index in [9.17, 15) is 0 Å². The summed E-state index contributed by atoms with van der Waals surface area (Å²) in [7, 11) is 4.20. The van der Waals surface area contributed by atoms with Crippen molar-refractivity contribution in [2.24, 2.45) is 0 Å². The van der Waals surface area contributed by atoms with Gasteiger partial charge in [-0.15, -0.1) is 0 Å². The van der Waals surface area contributed by atoms with Crippen molar-refractivity contribution >= 4 is 11.6 Å². The number of benzene rings is 2. The van der Waals surface area contributed by atoms with Crippen LogP contribution in [-0.4, -0.2) is 25.5 Å². The Morgan fingerprint density at radius 2 is 1.70 bits per heavy atom. The minimum absolute atomic E-state index is 0.627. The summed E-state index contributed by atoms with van der Waals surface area (Å²) in [5, 5.41) is 0.627. The molecule has 0 unspecified atom stereocenters. The predicted octanol–water partition coefficient (Wildman–Crippen LogP) is 4.63. The van der Waals surface area contributed by atoms with Crippen LogP contribution in [0.4, 0.5) is 0 Å². The van der Waals surface area contributed by atoms with Crippen molar-refractivity contribution in [2.75, 3.05) is 20.6 Å². The van der Waals surface area contributed by atoms with Crippen LogP contribution in [0.3, 0.4) is 0 Å². The summed E-state index contributed by atoms with van der Waals surface area (Å²) in [6.07, 6.45) is 2.25. The lowest BCUT2D eigenvalue weighted by atomic mass is 10.1. The van der Waals surface area contributed by atoms with Gasteiger partial charge in [0.05, 0.1) is 5.02 Å². The number of ether oxygens (including phenoxy) is 1. The Morgan fingerprint density at radius 1 is 1.00 bits per heavy atom. The van der Waals surface area contributed by atoms with Gasteiger partial charge in [0.15, 0.2) is 0 Å². The highest BCUT2D eigenvalue weighted by atomic mass is 35.5. The molecule has 0 heterocycles. The van der Waals surface area contributed by atoms with E-state index in [-0.39, 0.29) is 0 Å². The fourth-order valence-corrected chi connectivity index (χ4v) is 2.15. The largest absolute Gasteiger partial charge is 0.456 e. The molecule has 0 bridgehead atoms. The summed E-state index contributed by atoms with van der Waals surface area (Å²) < 4.78 is 5.77. The van der Waals surface area contributed by atoms with Gasteiger partial charge in [-0.25, -0.2) is 0 Å². The van der Waals surface area contributed by atoms with Gasteiger partial charge in [-0.05, 0) is 63.3 Å². The third-order valence-electron chi connectivity index (χ3n) is 3.06. The van der Waals surface area contributed by atoms with Crippen molar-refractivity contribution in [3.63, 3.8) is 0 Å². The first kappa shape index (κ1) is 14.9. The van der Waals surface area contributed by atoms with Gasteiger partial charge in [0.1, 0.15) is 11.5 Å². The smallest absolute Gasteiger partial charge is 0.146 e. The molecule has 0 spiro atoms. The first-order chi connectivity index (χ1) is 9.65. The van der Waals surface area contributed by atoms with E-state index in [0.717, 1.165) is 25.1 Å². The molecular weight excluding hydrogens is 270 g/mol. The monoisotopic (exact) mass is 289 g/mol. The van der Waals surface area contributed by atoms with E-state index < -0.39 is 0 Å². The first-order valence-corrected chi connectivity index (χ1v) is 7.19. The van der Waals surface area contributed by atoms with E-state index >= 15 is 0 Å². The van der Waals surface area contributed by atoms with Crippen LogP contribution in [0.2, 0.25) is 5.02 Å². The summed E-state index contributed by atoms with van der Waals surface area (Å²) in [6.45, 7) is 1.11. The van der Waals surface area contributed by atoms with Gasteiger partial charge in [0.2, 0.25) is 0 Å². The average molecular weight is 290 g/mol. The lowest BCUT2D eigenvalue weighted by Gasteiger charge is -2.10. The highest BCUT2D eigenvalue weighted by molar-refractivity contribution is 6.32. The lowest BCUT2D eigenvalue weighted by Crippen LogP contribution is -2.13. The zero-order valence-corrected chi connectivity index (χ0v) is 12.7. The van der Waals surface area contributed by atoms with Crippen LogP contribution in [0.1, 0.15) is 12.0 Å².